The standard InChI is InChI=1S/C19H22N4OS/c1-14(2)24-17-12-22(13-17)19-20-11-18(25-19)10-15-5-3-6-16(9-15)23-8-4-7-21-23/h3-9,11,14,17H,10,12-13H2,1-2H3. The van der Waals surface area contributed by atoms with Crippen molar-refractivity contribution in [2.24, 2.45) is 0 Å². The number of thiazole rings is 1. The summed E-state index contributed by atoms with van der Waals surface area (Å²) < 4.78 is 7.70. The Morgan fingerprint density at radius 1 is 1.28 bits per heavy atom. The maximum absolute atomic E-state index is 5.82. The van der Waals surface area contributed by atoms with Gasteiger partial charge in [-0.25, -0.2) is 9.67 Å². The highest BCUT2D eigenvalue weighted by molar-refractivity contribution is 7.15. The van der Waals surface area contributed by atoms with E-state index in [1.165, 1.54) is 10.4 Å². The molecule has 1 fully saturated rings. The van der Waals surface area contributed by atoms with E-state index in [4.69, 9.17) is 4.74 Å². The van der Waals surface area contributed by atoms with E-state index in [1.54, 1.807) is 17.5 Å². The molecular weight excluding hydrogens is 332 g/mol. The molecule has 0 N–H and O–H groups in total. The summed E-state index contributed by atoms with van der Waals surface area (Å²) in [5.74, 6) is 0. The maximum Gasteiger partial charge on any atom is 0.185 e. The Hall–Kier alpha value is -2.18. The highest BCUT2D eigenvalue weighted by Gasteiger charge is 2.30. The number of ether oxygens (including phenoxy) is 1. The minimum atomic E-state index is 0.293. The second kappa shape index (κ2) is 6.98. The second-order valence-electron chi connectivity index (χ2n) is 6.62. The lowest BCUT2D eigenvalue weighted by molar-refractivity contribution is -0.00719. The summed E-state index contributed by atoms with van der Waals surface area (Å²) >= 11 is 1.77. The highest BCUT2D eigenvalue weighted by Crippen LogP contribution is 2.29. The van der Waals surface area contributed by atoms with Gasteiger partial charge >= 0.3 is 0 Å². The third-order valence-corrected chi connectivity index (χ3v) is 5.24. The molecule has 1 aliphatic rings. The smallest absolute Gasteiger partial charge is 0.185 e. The first-order chi connectivity index (χ1) is 12.2. The molecule has 1 aliphatic heterocycles. The first-order valence-corrected chi connectivity index (χ1v) is 9.43. The van der Waals surface area contributed by atoms with Crippen LogP contribution in [0.15, 0.2) is 48.9 Å². The normalized spacial score (nSPS) is 14.9. The molecule has 4 rings (SSSR count). The van der Waals surface area contributed by atoms with Gasteiger partial charge in [-0.15, -0.1) is 11.3 Å². The number of anilines is 1. The number of nitrogens with zero attached hydrogens (tertiary/aromatic N) is 4. The summed E-state index contributed by atoms with van der Waals surface area (Å²) in [6.07, 6.45) is 7.29. The monoisotopic (exact) mass is 354 g/mol. The van der Waals surface area contributed by atoms with Crippen LogP contribution in [0.25, 0.3) is 5.69 Å². The zero-order chi connectivity index (χ0) is 17.2. The average molecular weight is 354 g/mol. The Morgan fingerprint density at radius 3 is 2.92 bits per heavy atom. The molecule has 0 aliphatic carbocycles. The fraction of sp³-hybridized carbons (Fsp3) is 0.368. The minimum absolute atomic E-state index is 0.293. The molecule has 0 amide bonds. The molecule has 0 saturated carbocycles. The lowest BCUT2D eigenvalue weighted by Crippen LogP contribution is -2.53. The van der Waals surface area contributed by atoms with E-state index in [2.05, 4.69) is 53.1 Å². The van der Waals surface area contributed by atoms with Gasteiger partial charge in [0, 0.05) is 43.0 Å². The number of hydrogen-bond donors (Lipinski definition) is 0. The molecule has 1 saturated heterocycles. The Labute approximate surface area is 151 Å². The molecule has 3 aromatic rings. The van der Waals surface area contributed by atoms with Crippen LogP contribution in [0.2, 0.25) is 0 Å². The average Bonchev–Trinajstić information content (AvgIpc) is 3.22. The number of hydrogen-bond acceptors (Lipinski definition) is 5. The maximum atomic E-state index is 5.82. The van der Waals surface area contributed by atoms with Crippen LogP contribution >= 0.6 is 11.3 Å². The predicted octanol–water partition coefficient (Wildman–Crippen LogP) is 3.53. The SMILES string of the molecule is CC(C)OC1CN(c2ncc(Cc3cccc(-n4cccn4)c3)s2)C1. The van der Waals surface area contributed by atoms with Gasteiger partial charge in [0.1, 0.15) is 0 Å². The summed E-state index contributed by atoms with van der Waals surface area (Å²) in [5, 5.41) is 5.40. The van der Waals surface area contributed by atoms with Crippen molar-refractivity contribution in [3.8, 4) is 5.69 Å². The van der Waals surface area contributed by atoms with E-state index in [0.717, 1.165) is 30.3 Å². The molecule has 1 aromatic carbocycles. The molecule has 25 heavy (non-hydrogen) atoms. The van der Waals surface area contributed by atoms with Crippen molar-refractivity contribution in [3.05, 3.63) is 59.4 Å². The van der Waals surface area contributed by atoms with Gasteiger partial charge in [0.25, 0.3) is 0 Å². The summed E-state index contributed by atoms with van der Waals surface area (Å²) in [7, 11) is 0. The number of benzene rings is 1. The van der Waals surface area contributed by atoms with Crippen LogP contribution in [0.5, 0.6) is 0 Å². The van der Waals surface area contributed by atoms with Crippen LogP contribution < -0.4 is 4.90 Å². The fourth-order valence-electron chi connectivity index (χ4n) is 3.02. The highest BCUT2D eigenvalue weighted by atomic mass is 32.1. The van der Waals surface area contributed by atoms with E-state index >= 15 is 0 Å². The van der Waals surface area contributed by atoms with Crippen LogP contribution in [0, 0.1) is 0 Å². The van der Waals surface area contributed by atoms with Gasteiger partial charge in [-0.1, -0.05) is 12.1 Å². The van der Waals surface area contributed by atoms with Crippen LogP contribution in [-0.2, 0) is 11.2 Å². The van der Waals surface area contributed by atoms with E-state index < -0.39 is 0 Å². The molecular formula is C19H22N4OS. The molecule has 0 radical (unpaired) electrons. The first-order valence-electron chi connectivity index (χ1n) is 8.61. The lowest BCUT2D eigenvalue weighted by atomic mass is 10.1. The number of rotatable bonds is 6. The van der Waals surface area contributed by atoms with Crippen LogP contribution in [0.3, 0.4) is 0 Å². The Morgan fingerprint density at radius 2 is 2.16 bits per heavy atom. The minimum Gasteiger partial charge on any atom is -0.372 e. The van der Waals surface area contributed by atoms with Gasteiger partial charge in [0.15, 0.2) is 5.13 Å². The molecule has 5 nitrogen and oxygen atoms in total. The zero-order valence-corrected chi connectivity index (χ0v) is 15.3. The molecule has 6 heteroatoms. The first kappa shape index (κ1) is 16.3. The third kappa shape index (κ3) is 3.75. The van der Waals surface area contributed by atoms with Gasteiger partial charge in [-0.2, -0.15) is 5.10 Å². The van der Waals surface area contributed by atoms with Crippen LogP contribution in [0.1, 0.15) is 24.3 Å². The molecule has 130 valence electrons. The van der Waals surface area contributed by atoms with E-state index in [1.807, 2.05) is 23.1 Å². The van der Waals surface area contributed by atoms with Crippen molar-refractivity contribution < 1.29 is 4.74 Å². The molecule has 0 atom stereocenters. The lowest BCUT2D eigenvalue weighted by Gasteiger charge is -2.39. The van der Waals surface area contributed by atoms with Crippen LogP contribution in [-0.4, -0.2) is 40.1 Å². The molecule has 2 aromatic heterocycles. The third-order valence-electron chi connectivity index (χ3n) is 4.18. The molecule has 0 bridgehead atoms. The quantitative estimate of drug-likeness (QED) is 0.679. The predicted molar refractivity (Wildman–Crippen MR) is 101 cm³/mol. The summed E-state index contributed by atoms with van der Waals surface area (Å²) in [4.78, 5) is 8.16. The van der Waals surface area contributed by atoms with Crippen molar-refractivity contribution in [2.45, 2.75) is 32.5 Å². The van der Waals surface area contributed by atoms with Gasteiger partial charge in [-0.05, 0) is 37.6 Å². The van der Waals surface area contributed by atoms with Crippen molar-refractivity contribution in [1.82, 2.24) is 14.8 Å². The summed E-state index contributed by atoms with van der Waals surface area (Å²) in [6, 6.07) is 10.4. The van der Waals surface area contributed by atoms with Crippen molar-refractivity contribution in [3.63, 3.8) is 0 Å². The Bertz CT molecular complexity index is 822. The van der Waals surface area contributed by atoms with E-state index in [0.29, 0.717) is 12.2 Å². The van der Waals surface area contributed by atoms with Crippen molar-refractivity contribution in [1.29, 1.82) is 0 Å². The Kier molecular flexibility index (Phi) is 4.55. The summed E-state index contributed by atoms with van der Waals surface area (Å²) in [6.45, 7) is 6.06. The van der Waals surface area contributed by atoms with Gasteiger partial charge in [0.2, 0.25) is 0 Å². The van der Waals surface area contributed by atoms with E-state index in [9.17, 15) is 0 Å². The molecule has 0 unspecified atom stereocenters. The largest absolute Gasteiger partial charge is 0.372 e. The fourth-order valence-corrected chi connectivity index (χ4v) is 3.98. The molecule has 0 spiro atoms. The number of aromatic nitrogens is 3. The van der Waals surface area contributed by atoms with Crippen molar-refractivity contribution >= 4 is 16.5 Å². The van der Waals surface area contributed by atoms with Gasteiger partial charge in [0.05, 0.1) is 17.9 Å². The zero-order valence-electron chi connectivity index (χ0n) is 14.5. The topological polar surface area (TPSA) is 43.2 Å². The van der Waals surface area contributed by atoms with E-state index in [-0.39, 0.29) is 0 Å². The van der Waals surface area contributed by atoms with Crippen molar-refractivity contribution in [2.75, 3.05) is 18.0 Å². The summed E-state index contributed by atoms with van der Waals surface area (Å²) in [5.41, 5.74) is 2.36. The second-order valence-corrected chi connectivity index (χ2v) is 7.71. The van der Waals surface area contributed by atoms with Crippen LogP contribution in [0.4, 0.5) is 5.13 Å². The van der Waals surface area contributed by atoms with Gasteiger partial charge < -0.3 is 9.64 Å². The Balaban J connectivity index is 1.40. The van der Waals surface area contributed by atoms with Gasteiger partial charge in [-0.3, -0.25) is 0 Å². The molecule has 3 heterocycles.